The maximum Gasteiger partial charge on any atom is 0.237 e. The number of allylic oxidation sites excluding steroid dienone is 1. The summed E-state index contributed by atoms with van der Waals surface area (Å²) in [4.78, 5) is 12.2. The van der Waals surface area contributed by atoms with Gasteiger partial charge in [0, 0.05) is 17.3 Å². The molecule has 0 aliphatic carbocycles. The van der Waals surface area contributed by atoms with Gasteiger partial charge in [0.2, 0.25) is 5.91 Å². The summed E-state index contributed by atoms with van der Waals surface area (Å²) in [7, 11) is 0. The zero-order valence-electron chi connectivity index (χ0n) is 12.4. The average Bonchev–Trinajstić information content (AvgIpc) is 2.83. The number of benzene rings is 1. The second kappa shape index (κ2) is 7.47. The van der Waals surface area contributed by atoms with Gasteiger partial charge < -0.3 is 9.88 Å². The van der Waals surface area contributed by atoms with E-state index in [-0.39, 0.29) is 11.2 Å². The van der Waals surface area contributed by atoms with Crippen LogP contribution in [0.2, 0.25) is 5.02 Å². The molecular formula is C15H17ClN4OS. The highest BCUT2D eigenvalue weighted by molar-refractivity contribution is 8.00. The molecule has 0 spiro atoms. The van der Waals surface area contributed by atoms with E-state index in [0.29, 0.717) is 22.4 Å². The summed E-state index contributed by atoms with van der Waals surface area (Å²) in [6.07, 6.45) is 1.78. The molecule has 1 amide bonds. The number of anilines is 1. The van der Waals surface area contributed by atoms with Crippen molar-refractivity contribution in [1.82, 2.24) is 14.8 Å². The maximum absolute atomic E-state index is 12.2. The largest absolute Gasteiger partial charge is 0.325 e. The van der Waals surface area contributed by atoms with E-state index in [1.165, 1.54) is 11.8 Å². The van der Waals surface area contributed by atoms with Crippen molar-refractivity contribution in [2.24, 2.45) is 0 Å². The highest BCUT2D eigenvalue weighted by Gasteiger charge is 2.18. The Hall–Kier alpha value is -1.79. The molecule has 1 aromatic heterocycles. The summed E-state index contributed by atoms with van der Waals surface area (Å²) in [5, 5.41) is 12.0. The Morgan fingerprint density at radius 2 is 2.14 bits per heavy atom. The molecule has 1 aromatic carbocycles. The quantitative estimate of drug-likeness (QED) is 0.647. The Morgan fingerprint density at radius 3 is 2.77 bits per heavy atom. The Morgan fingerprint density at radius 1 is 1.45 bits per heavy atom. The van der Waals surface area contributed by atoms with Gasteiger partial charge >= 0.3 is 0 Å². The molecule has 0 aliphatic heterocycles. The van der Waals surface area contributed by atoms with E-state index in [1.807, 2.05) is 18.4 Å². The molecule has 0 aliphatic rings. The third kappa shape index (κ3) is 4.11. The first-order valence-electron chi connectivity index (χ1n) is 6.75. The molecule has 116 valence electrons. The molecule has 1 N–H and O–H groups in total. The van der Waals surface area contributed by atoms with Crippen molar-refractivity contribution in [1.29, 1.82) is 0 Å². The zero-order valence-corrected chi connectivity index (χ0v) is 14.0. The predicted molar refractivity (Wildman–Crippen MR) is 90.4 cm³/mol. The minimum Gasteiger partial charge on any atom is -0.325 e. The number of nitrogens with one attached hydrogen (secondary N) is 1. The van der Waals surface area contributed by atoms with E-state index in [2.05, 4.69) is 22.1 Å². The van der Waals surface area contributed by atoms with Crippen LogP contribution in [0, 0.1) is 6.92 Å². The Balaban J connectivity index is 2.02. The molecule has 22 heavy (non-hydrogen) atoms. The van der Waals surface area contributed by atoms with Crippen LogP contribution in [0.25, 0.3) is 0 Å². The molecule has 0 saturated heterocycles. The van der Waals surface area contributed by atoms with Crippen LogP contribution >= 0.6 is 23.4 Å². The number of aromatic nitrogens is 3. The fraction of sp³-hybridized carbons (Fsp3) is 0.267. The Bertz CT molecular complexity index is 669. The van der Waals surface area contributed by atoms with E-state index >= 15 is 0 Å². The van der Waals surface area contributed by atoms with Crippen LogP contribution in [0.3, 0.4) is 0 Å². The summed E-state index contributed by atoms with van der Waals surface area (Å²) >= 11 is 7.19. The van der Waals surface area contributed by atoms with Gasteiger partial charge in [-0.05, 0) is 38.1 Å². The highest BCUT2D eigenvalue weighted by atomic mass is 35.5. The number of halogens is 1. The van der Waals surface area contributed by atoms with Gasteiger partial charge in [0.1, 0.15) is 5.82 Å². The lowest BCUT2D eigenvalue weighted by atomic mass is 10.3. The number of carbonyl (C=O) groups is 1. The Labute approximate surface area is 138 Å². The normalized spacial score (nSPS) is 12.0. The van der Waals surface area contributed by atoms with Crippen molar-refractivity contribution in [3.8, 4) is 0 Å². The van der Waals surface area contributed by atoms with Crippen LogP contribution in [0.15, 0.2) is 42.1 Å². The number of aryl methyl sites for hydroxylation is 1. The number of hydrogen-bond donors (Lipinski definition) is 1. The van der Waals surface area contributed by atoms with Gasteiger partial charge in [0.25, 0.3) is 0 Å². The molecule has 2 aromatic rings. The van der Waals surface area contributed by atoms with Crippen molar-refractivity contribution >= 4 is 35.0 Å². The highest BCUT2D eigenvalue weighted by Crippen LogP contribution is 2.23. The van der Waals surface area contributed by atoms with Crippen LogP contribution in [-0.2, 0) is 11.3 Å². The average molecular weight is 337 g/mol. The first kappa shape index (κ1) is 16.6. The van der Waals surface area contributed by atoms with E-state index in [4.69, 9.17) is 11.6 Å². The van der Waals surface area contributed by atoms with Crippen LogP contribution in [-0.4, -0.2) is 25.9 Å². The van der Waals surface area contributed by atoms with Crippen molar-refractivity contribution in [3.05, 3.63) is 47.8 Å². The van der Waals surface area contributed by atoms with Gasteiger partial charge in [0.05, 0.1) is 5.25 Å². The van der Waals surface area contributed by atoms with E-state index in [9.17, 15) is 4.79 Å². The molecule has 2 rings (SSSR count). The van der Waals surface area contributed by atoms with Gasteiger partial charge in [-0.3, -0.25) is 4.79 Å². The number of rotatable bonds is 6. The van der Waals surface area contributed by atoms with E-state index < -0.39 is 0 Å². The van der Waals surface area contributed by atoms with Crippen LogP contribution in [0.1, 0.15) is 12.7 Å². The fourth-order valence-electron chi connectivity index (χ4n) is 1.78. The topological polar surface area (TPSA) is 59.8 Å². The molecule has 1 heterocycles. The summed E-state index contributed by atoms with van der Waals surface area (Å²) < 4.78 is 1.92. The molecule has 0 radical (unpaired) electrons. The predicted octanol–water partition coefficient (Wildman–Crippen LogP) is 3.55. The van der Waals surface area contributed by atoms with Crippen molar-refractivity contribution < 1.29 is 4.79 Å². The van der Waals surface area contributed by atoms with Crippen LogP contribution in [0.4, 0.5) is 5.69 Å². The van der Waals surface area contributed by atoms with Gasteiger partial charge in [-0.1, -0.05) is 29.4 Å². The fourth-order valence-corrected chi connectivity index (χ4v) is 2.81. The maximum atomic E-state index is 12.2. The van der Waals surface area contributed by atoms with Crippen LogP contribution in [0.5, 0.6) is 0 Å². The van der Waals surface area contributed by atoms with Gasteiger partial charge in [-0.25, -0.2) is 0 Å². The second-order valence-corrected chi connectivity index (χ2v) is 6.43. The minimum atomic E-state index is -0.303. The molecule has 5 nitrogen and oxygen atoms in total. The first-order valence-corrected chi connectivity index (χ1v) is 8.01. The smallest absolute Gasteiger partial charge is 0.237 e. The monoisotopic (exact) mass is 336 g/mol. The standard InChI is InChI=1S/C15H17ClN4OS/c1-4-9-20-11(3)18-19-15(20)22-10(2)14(21)17-13-7-5-12(16)6-8-13/h4-8,10H,1,9H2,2-3H3,(H,17,21)/t10-/m1/s1. The number of carbonyl (C=O) groups excluding carboxylic acids is 1. The van der Waals surface area contributed by atoms with Gasteiger partial charge in [-0.15, -0.1) is 16.8 Å². The van der Waals surface area contributed by atoms with Gasteiger partial charge in [0.15, 0.2) is 5.16 Å². The number of nitrogens with zero attached hydrogens (tertiary/aromatic N) is 3. The summed E-state index contributed by atoms with van der Waals surface area (Å²) in [5.41, 5.74) is 0.714. The minimum absolute atomic E-state index is 0.0990. The SMILES string of the molecule is C=CCn1c(C)nnc1S[C@H](C)C(=O)Nc1ccc(Cl)cc1. The lowest BCUT2D eigenvalue weighted by molar-refractivity contribution is -0.115. The first-order chi connectivity index (χ1) is 10.5. The van der Waals surface area contributed by atoms with E-state index in [0.717, 1.165) is 5.82 Å². The lowest BCUT2D eigenvalue weighted by Gasteiger charge is -2.12. The zero-order chi connectivity index (χ0) is 16.1. The molecule has 0 fully saturated rings. The summed E-state index contributed by atoms with van der Waals surface area (Å²) in [6, 6.07) is 7.00. The summed E-state index contributed by atoms with van der Waals surface area (Å²) in [6.45, 7) is 8.04. The van der Waals surface area contributed by atoms with Crippen LogP contribution < -0.4 is 5.32 Å². The molecule has 0 unspecified atom stereocenters. The second-order valence-electron chi connectivity index (χ2n) is 4.69. The molecule has 1 atom stereocenters. The number of hydrogen-bond acceptors (Lipinski definition) is 4. The Kier molecular flexibility index (Phi) is 5.63. The molecule has 0 saturated carbocycles. The van der Waals surface area contributed by atoms with Gasteiger partial charge in [-0.2, -0.15) is 0 Å². The summed E-state index contributed by atoms with van der Waals surface area (Å²) in [5.74, 6) is 0.700. The van der Waals surface area contributed by atoms with E-state index in [1.54, 1.807) is 30.3 Å². The lowest BCUT2D eigenvalue weighted by Crippen LogP contribution is -2.22. The van der Waals surface area contributed by atoms with Crippen molar-refractivity contribution in [2.45, 2.75) is 30.8 Å². The van der Waals surface area contributed by atoms with Crippen molar-refractivity contribution in [3.63, 3.8) is 0 Å². The third-order valence-corrected chi connectivity index (χ3v) is 4.31. The molecule has 0 bridgehead atoms. The van der Waals surface area contributed by atoms with Crippen molar-refractivity contribution in [2.75, 3.05) is 5.32 Å². The number of thioether (sulfide) groups is 1. The molecular weight excluding hydrogens is 320 g/mol. The third-order valence-electron chi connectivity index (χ3n) is 2.98. The number of amides is 1. The molecule has 7 heteroatoms.